The quantitative estimate of drug-likeness (QED) is 0.198. The van der Waals surface area contributed by atoms with Crippen LogP contribution in [-0.2, 0) is 0 Å². The molecule has 0 spiro atoms. The van der Waals surface area contributed by atoms with Gasteiger partial charge in [0.1, 0.15) is 0 Å². The summed E-state index contributed by atoms with van der Waals surface area (Å²) in [4.78, 5) is 2.41. The van der Waals surface area contributed by atoms with Crippen LogP contribution < -0.4 is 4.90 Å². The van der Waals surface area contributed by atoms with E-state index < -0.39 is 0 Å². The van der Waals surface area contributed by atoms with Crippen molar-refractivity contribution in [2.45, 2.75) is 13.0 Å². The molecule has 204 valence electrons. The van der Waals surface area contributed by atoms with Gasteiger partial charge in [0.15, 0.2) is 0 Å². The Morgan fingerprint density at radius 3 is 1.93 bits per heavy atom. The molecule has 1 aliphatic carbocycles. The van der Waals surface area contributed by atoms with Gasteiger partial charge < -0.3 is 9.47 Å². The molecular formula is C41H30N2. The Bertz CT molecular complexity index is 2320. The number of fused-ring (bicyclic) bond motifs is 5. The van der Waals surface area contributed by atoms with Gasteiger partial charge in [0.05, 0.1) is 17.2 Å². The number of benzene rings is 7. The second-order valence-corrected chi connectivity index (χ2v) is 11.8. The number of anilines is 3. The maximum atomic E-state index is 2.62. The van der Waals surface area contributed by atoms with Crippen LogP contribution in [0.1, 0.15) is 13.0 Å². The minimum Gasteiger partial charge on any atom is -0.332 e. The molecule has 7 aromatic carbocycles. The summed E-state index contributed by atoms with van der Waals surface area (Å²) in [5.74, 6) is 0.388. The van der Waals surface area contributed by atoms with Crippen molar-refractivity contribution in [1.29, 1.82) is 0 Å². The van der Waals surface area contributed by atoms with E-state index in [1.165, 1.54) is 59.8 Å². The van der Waals surface area contributed by atoms with Gasteiger partial charge >= 0.3 is 0 Å². The molecule has 2 nitrogen and oxygen atoms in total. The highest BCUT2D eigenvalue weighted by Crippen LogP contribution is 2.50. The summed E-state index contributed by atoms with van der Waals surface area (Å²) in [5, 5.41) is 10.5. The Morgan fingerprint density at radius 1 is 0.535 bits per heavy atom. The van der Waals surface area contributed by atoms with Gasteiger partial charge in [-0.1, -0.05) is 122 Å². The van der Waals surface area contributed by atoms with Crippen LogP contribution in [0.2, 0.25) is 0 Å². The van der Waals surface area contributed by atoms with E-state index in [1.807, 2.05) is 0 Å². The number of para-hydroxylation sites is 3. The van der Waals surface area contributed by atoms with Gasteiger partial charge in [0.25, 0.3) is 0 Å². The summed E-state index contributed by atoms with van der Waals surface area (Å²) in [6.45, 7) is 2.33. The molecule has 0 radical (unpaired) electrons. The molecule has 0 N–H and O–H groups in total. The topological polar surface area (TPSA) is 8.17 Å². The Labute approximate surface area is 250 Å². The van der Waals surface area contributed by atoms with Crippen LogP contribution in [-0.4, -0.2) is 4.57 Å². The smallest absolute Gasteiger partial charge is 0.0586 e. The van der Waals surface area contributed by atoms with Crippen LogP contribution in [0.15, 0.2) is 152 Å². The van der Waals surface area contributed by atoms with E-state index in [-0.39, 0.29) is 6.04 Å². The standard InChI is InChI=1S/C41H30N2/c1-27-14-8-10-24-35(27)43-36-25-11-9-20-31(36)40-33-22-12-15-28-26-37(32-21-13-23-34(41(40)43)39(32)38(28)33)42(29-16-4-2-5-17-29)30-18-6-3-7-19-30/h2-27,35H,1H3. The fourth-order valence-corrected chi connectivity index (χ4v) is 7.54. The first-order chi connectivity index (χ1) is 21.3. The van der Waals surface area contributed by atoms with Crippen molar-refractivity contribution in [3.8, 4) is 0 Å². The highest BCUT2D eigenvalue weighted by Gasteiger charge is 2.27. The van der Waals surface area contributed by atoms with Crippen molar-refractivity contribution in [3.05, 3.63) is 152 Å². The normalized spacial score (nSPS) is 16.8. The predicted molar refractivity (Wildman–Crippen MR) is 184 cm³/mol. The SMILES string of the molecule is CC1C=CC=CC1n1c2ccccc2c2c3cccc4cc(N(c5ccccc5)c5ccccc5)c5cccc(c5c43)c21. The molecule has 2 atom stereocenters. The van der Waals surface area contributed by atoms with Crippen LogP contribution in [0.4, 0.5) is 17.1 Å². The molecule has 1 heterocycles. The molecule has 0 aliphatic heterocycles. The van der Waals surface area contributed by atoms with Gasteiger partial charge in [-0.3, -0.25) is 0 Å². The number of nitrogens with zero attached hydrogens (tertiary/aromatic N) is 2. The molecule has 2 unspecified atom stereocenters. The van der Waals surface area contributed by atoms with E-state index >= 15 is 0 Å². The maximum Gasteiger partial charge on any atom is 0.0586 e. The van der Waals surface area contributed by atoms with Crippen molar-refractivity contribution >= 4 is 71.2 Å². The monoisotopic (exact) mass is 550 g/mol. The lowest BCUT2D eigenvalue weighted by Crippen LogP contribution is -2.15. The Balaban J connectivity index is 1.48. The molecular weight excluding hydrogens is 520 g/mol. The van der Waals surface area contributed by atoms with Crippen LogP contribution in [0, 0.1) is 5.92 Å². The first-order valence-electron chi connectivity index (χ1n) is 15.2. The largest absolute Gasteiger partial charge is 0.332 e. The van der Waals surface area contributed by atoms with Gasteiger partial charge in [-0.05, 0) is 58.5 Å². The molecule has 0 fully saturated rings. The van der Waals surface area contributed by atoms with Crippen molar-refractivity contribution in [1.82, 2.24) is 4.57 Å². The molecule has 43 heavy (non-hydrogen) atoms. The average molecular weight is 551 g/mol. The minimum atomic E-state index is 0.239. The third-order valence-electron chi connectivity index (χ3n) is 9.36. The molecule has 8 aromatic rings. The summed E-state index contributed by atoms with van der Waals surface area (Å²) in [6.07, 6.45) is 9.10. The molecule has 0 saturated heterocycles. The Morgan fingerprint density at radius 2 is 1.16 bits per heavy atom. The van der Waals surface area contributed by atoms with Gasteiger partial charge in [-0.15, -0.1) is 0 Å². The third-order valence-corrected chi connectivity index (χ3v) is 9.36. The van der Waals surface area contributed by atoms with E-state index in [1.54, 1.807) is 0 Å². The predicted octanol–water partition coefficient (Wildman–Crippen LogP) is 11.5. The zero-order valence-electron chi connectivity index (χ0n) is 24.0. The van der Waals surface area contributed by atoms with E-state index in [9.17, 15) is 0 Å². The Kier molecular flexibility index (Phi) is 5.27. The summed E-state index contributed by atoms with van der Waals surface area (Å²) >= 11 is 0. The van der Waals surface area contributed by atoms with Gasteiger partial charge in [-0.25, -0.2) is 0 Å². The molecule has 1 aliphatic rings. The number of rotatable bonds is 4. The highest BCUT2D eigenvalue weighted by atomic mass is 15.1. The van der Waals surface area contributed by atoms with Crippen molar-refractivity contribution in [2.75, 3.05) is 4.90 Å². The highest BCUT2D eigenvalue weighted by molar-refractivity contribution is 6.39. The number of allylic oxidation sites excluding steroid dienone is 4. The average Bonchev–Trinajstić information content (AvgIpc) is 3.41. The molecule has 1 aromatic heterocycles. The molecule has 0 saturated carbocycles. The lowest BCUT2D eigenvalue weighted by molar-refractivity contribution is 0.511. The molecule has 0 amide bonds. The van der Waals surface area contributed by atoms with Crippen molar-refractivity contribution < 1.29 is 0 Å². The van der Waals surface area contributed by atoms with Crippen LogP contribution in [0.25, 0.3) is 54.1 Å². The number of hydrogen-bond acceptors (Lipinski definition) is 1. The van der Waals surface area contributed by atoms with Gasteiger partial charge in [0.2, 0.25) is 0 Å². The first-order valence-corrected chi connectivity index (χ1v) is 15.2. The van der Waals surface area contributed by atoms with Crippen LogP contribution in [0.3, 0.4) is 0 Å². The van der Waals surface area contributed by atoms with Crippen molar-refractivity contribution in [3.63, 3.8) is 0 Å². The van der Waals surface area contributed by atoms with Crippen LogP contribution in [0.5, 0.6) is 0 Å². The van der Waals surface area contributed by atoms with Crippen molar-refractivity contribution in [2.24, 2.45) is 5.92 Å². The number of hydrogen-bond donors (Lipinski definition) is 0. The molecule has 2 heteroatoms. The minimum absolute atomic E-state index is 0.239. The second-order valence-electron chi connectivity index (χ2n) is 11.8. The van der Waals surface area contributed by atoms with Crippen LogP contribution >= 0.6 is 0 Å². The zero-order chi connectivity index (χ0) is 28.5. The first kappa shape index (κ1) is 24.3. The zero-order valence-corrected chi connectivity index (χ0v) is 24.0. The van der Waals surface area contributed by atoms with E-state index in [0.29, 0.717) is 5.92 Å². The summed E-state index contributed by atoms with van der Waals surface area (Å²) in [5.41, 5.74) is 6.11. The second kappa shape index (κ2) is 9.34. The fraction of sp³-hybridized carbons (Fsp3) is 0.0732. The number of aromatic nitrogens is 1. The summed E-state index contributed by atoms with van der Waals surface area (Å²) < 4.78 is 2.62. The molecule has 9 rings (SSSR count). The molecule has 0 bridgehead atoms. The summed E-state index contributed by atoms with van der Waals surface area (Å²) in [7, 11) is 0. The van der Waals surface area contributed by atoms with E-state index in [4.69, 9.17) is 0 Å². The van der Waals surface area contributed by atoms with E-state index in [0.717, 1.165) is 11.4 Å². The lowest BCUT2D eigenvalue weighted by atomic mass is 9.89. The Hall–Kier alpha value is -5.34. The van der Waals surface area contributed by atoms with E-state index in [2.05, 4.69) is 168 Å². The summed E-state index contributed by atoms with van der Waals surface area (Å²) in [6, 6.07) is 46.9. The van der Waals surface area contributed by atoms with Gasteiger partial charge in [0, 0.05) is 43.8 Å². The third kappa shape index (κ3) is 3.47. The fourth-order valence-electron chi connectivity index (χ4n) is 7.54. The van der Waals surface area contributed by atoms with Gasteiger partial charge in [-0.2, -0.15) is 0 Å². The lowest BCUT2D eigenvalue weighted by Gasteiger charge is -2.29. The maximum absolute atomic E-state index is 2.62.